The van der Waals surface area contributed by atoms with Crippen molar-refractivity contribution in [3.63, 3.8) is 0 Å². The van der Waals surface area contributed by atoms with Gasteiger partial charge < -0.3 is 10.1 Å². The minimum absolute atomic E-state index is 0.00615. The van der Waals surface area contributed by atoms with Crippen molar-refractivity contribution in [3.05, 3.63) is 29.3 Å². The molecule has 1 aliphatic carbocycles. The van der Waals surface area contributed by atoms with Crippen molar-refractivity contribution < 1.29 is 9.53 Å². The van der Waals surface area contributed by atoms with Gasteiger partial charge in [-0.3, -0.25) is 4.79 Å². The van der Waals surface area contributed by atoms with Crippen LogP contribution >= 0.6 is 0 Å². The van der Waals surface area contributed by atoms with Crippen LogP contribution in [0.3, 0.4) is 0 Å². The summed E-state index contributed by atoms with van der Waals surface area (Å²) in [4.78, 5) is 12.0. The van der Waals surface area contributed by atoms with Gasteiger partial charge in [-0.15, -0.1) is 0 Å². The van der Waals surface area contributed by atoms with E-state index >= 15 is 0 Å². The molecule has 1 atom stereocenters. The minimum Gasteiger partial charge on any atom is -0.483 e. The number of nitrogens with one attached hydrogen (secondary N) is 1. The number of benzene rings is 1. The van der Waals surface area contributed by atoms with E-state index in [4.69, 9.17) is 4.74 Å². The summed E-state index contributed by atoms with van der Waals surface area (Å²) in [5.74, 6) is 1.48. The minimum atomic E-state index is -0.00615. The van der Waals surface area contributed by atoms with Gasteiger partial charge in [0.05, 0.1) is 0 Å². The molecule has 0 saturated carbocycles. The van der Waals surface area contributed by atoms with E-state index < -0.39 is 0 Å². The standard InChI is InChI=1S/C20H31NO2/c1-3-5-9-16(4-2)14-21-20(22)15-23-19-13-8-11-17-10-6-7-12-18(17)19/h8,11,13,16H,3-7,9-10,12,14-15H2,1-2H3,(H,21,22). The molecule has 3 heteroatoms. The first-order valence-electron chi connectivity index (χ1n) is 9.24. The van der Waals surface area contributed by atoms with Crippen LogP contribution in [0.25, 0.3) is 0 Å². The number of carbonyl (C=O) groups is 1. The second-order valence-electron chi connectivity index (χ2n) is 6.61. The number of hydrogen-bond acceptors (Lipinski definition) is 2. The first-order chi connectivity index (χ1) is 11.2. The third-order valence-corrected chi connectivity index (χ3v) is 4.84. The second-order valence-corrected chi connectivity index (χ2v) is 6.61. The van der Waals surface area contributed by atoms with E-state index in [1.807, 2.05) is 12.1 Å². The fourth-order valence-corrected chi connectivity index (χ4v) is 3.28. The highest BCUT2D eigenvalue weighted by molar-refractivity contribution is 5.77. The molecule has 0 radical (unpaired) electrons. The molecule has 0 spiro atoms. The van der Waals surface area contributed by atoms with Gasteiger partial charge in [-0.2, -0.15) is 0 Å². The molecular formula is C20H31NO2. The van der Waals surface area contributed by atoms with Crippen molar-refractivity contribution in [2.45, 2.75) is 65.2 Å². The molecule has 0 fully saturated rings. The van der Waals surface area contributed by atoms with Crippen LogP contribution < -0.4 is 10.1 Å². The second kappa shape index (κ2) is 9.59. The Labute approximate surface area is 140 Å². The molecule has 0 bridgehead atoms. The Morgan fingerprint density at radius 3 is 2.87 bits per heavy atom. The van der Waals surface area contributed by atoms with Crippen molar-refractivity contribution in [2.75, 3.05) is 13.2 Å². The molecule has 23 heavy (non-hydrogen) atoms. The van der Waals surface area contributed by atoms with Gasteiger partial charge in [0.1, 0.15) is 5.75 Å². The number of ether oxygens (including phenoxy) is 1. The van der Waals surface area contributed by atoms with Gasteiger partial charge in [0.25, 0.3) is 5.91 Å². The molecule has 1 aliphatic rings. The molecule has 1 amide bonds. The maximum Gasteiger partial charge on any atom is 0.257 e. The van der Waals surface area contributed by atoms with Gasteiger partial charge in [-0.05, 0) is 55.2 Å². The fraction of sp³-hybridized carbons (Fsp3) is 0.650. The van der Waals surface area contributed by atoms with E-state index in [1.165, 1.54) is 43.2 Å². The Bertz CT molecular complexity index is 498. The zero-order valence-corrected chi connectivity index (χ0v) is 14.7. The van der Waals surface area contributed by atoms with Crippen LogP contribution in [0.5, 0.6) is 5.75 Å². The molecule has 2 rings (SSSR count). The predicted molar refractivity (Wildman–Crippen MR) is 94.9 cm³/mol. The molecule has 1 aromatic rings. The molecule has 0 saturated heterocycles. The van der Waals surface area contributed by atoms with E-state index in [9.17, 15) is 4.79 Å². The molecule has 0 aliphatic heterocycles. The van der Waals surface area contributed by atoms with Crippen molar-refractivity contribution in [2.24, 2.45) is 5.92 Å². The molecule has 1 unspecified atom stereocenters. The first-order valence-corrected chi connectivity index (χ1v) is 9.24. The molecular weight excluding hydrogens is 286 g/mol. The number of fused-ring (bicyclic) bond motifs is 1. The number of amides is 1. The topological polar surface area (TPSA) is 38.3 Å². The highest BCUT2D eigenvalue weighted by Crippen LogP contribution is 2.29. The summed E-state index contributed by atoms with van der Waals surface area (Å²) in [5, 5.41) is 3.03. The SMILES string of the molecule is CCCCC(CC)CNC(=O)COc1cccc2c1CCCC2. The van der Waals surface area contributed by atoms with Gasteiger partial charge in [0.2, 0.25) is 0 Å². The number of unbranched alkanes of at least 4 members (excludes halogenated alkanes) is 1. The van der Waals surface area contributed by atoms with Crippen LogP contribution in [0.2, 0.25) is 0 Å². The van der Waals surface area contributed by atoms with Gasteiger partial charge >= 0.3 is 0 Å². The predicted octanol–water partition coefficient (Wildman–Crippen LogP) is 4.28. The van der Waals surface area contributed by atoms with E-state index in [0.29, 0.717) is 5.92 Å². The molecule has 1 aromatic carbocycles. The summed E-state index contributed by atoms with van der Waals surface area (Å²) in [6.07, 6.45) is 9.44. The van der Waals surface area contributed by atoms with E-state index in [-0.39, 0.29) is 12.5 Å². The maximum atomic E-state index is 12.0. The van der Waals surface area contributed by atoms with Crippen LogP contribution in [-0.4, -0.2) is 19.1 Å². The average molecular weight is 317 g/mol. The lowest BCUT2D eigenvalue weighted by Gasteiger charge is -2.19. The van der Waals surface area contributed by atoms with Crippen LogP contribution in [0.4, 0.5) is 0 Å². The van der Waals surface area contributed by atoms with Crippen LogP contribution in [-0.2, 0) is 17.6 Å². The Balaban J connectivity index is 1.78. The van der Waals surface area contributed by atoms with Gasteiger partial charge in [0, 0.05) is 6.54 Å². The number of carbonyl (C=O) groups excluding carboxylic acids is 1. The van der Waals surface area contributed by atoms with Crippen LogP contribution in [0, 0.1) is 5.92 Å². The van der Waals surface area contributed by atoms with Crippen molar-refractivity contribution >= 4 is 5.91 Å². The van der Waals surface area contributed by atoms with Crippen molar-refractivity contribution in [1.82, 2.24) is 5.32 Å². The van der Waals surface area contributed by atoms with E-state index in [1.54, 1.807) is 0 Å². The van der Waals surface area contributed by atoms with Gasteiger partial charge in [-0.1, -0.05) is 45.2 Å². The highest BCUT2D eigenvalue weighted by atomic mass is 16.5. The molecule has 0 aromatic heterocycles. The first kappa shape index (κ1) is 17.8. The van der Waals surface area contributed by atoms with Crippen molar-refractivity contribution in [1.29, 1.82) is 0 Å². The van der Waals surface area contributed by atoms with E-state index in [2.05, 4.69) is 25.2 Å². The highest BCUT2D eigenvalue weighted by Gasteiger charge is 2.15. The molecule has 128 valence electrons. The van der Waals surface area contributed by atoms with Gasteiger partial charge in [0.15, 0.2) is 6.61 Å². The Hall–Kier alpha value is -1.51. The summed E-state index contributed by atoms with van der Waals surface area (Å²) in [6.45, 7) is 5.30. The number of aryl methyl sites for hydroxylation is 1. The van der Waals surface area contributed by atoms with E-state index in [0.717, 1.165) is 31.6 Å². The quantitative estimate of drug-likeness (QED) is 0.738. The summed E-state index contributed by atoms with van der Waals surface area (Å²) < 4.78 is 5.80. The average Bonchev–Trinajstić information content (AvgIpc) is 2.60. The summed E-state index contributed by atoms with van der Waals surface area (Å²) in [5.41, 5.74) is 2.70. The number of hydrogen-bond donors (Lipinski definition) is 1. The lowest BCUT2D eigenvalue weighted by Crippen LogP contribution is -2.33. The molecule has 1 N–H and O–H groups in total. The fourth-order valence-electron chi connectivity index (χ4n) is 3.28. The third-order valence-electron chi connectivity index (χ3n) is 4.84. The van der Waals surface area contributed by atoms with Gasteiger partial charge in [-0.25, -0.2) is 0 Å². The largest absolute Gasteiger partial charge is 0.483 e. The monoisotopic (exact) mass is 317 g/mol. The summed E-state index contributed by atoms with van der Waals surface area (Å²) in [7, 11) is 0. The normalized spacial score (nSPS) is 14.9. The molecule has 0 heterocycles. The lowest BCUT2D eigenvalue weighted by atomic mass is 9.91. The maximum absolute atomic E-state index is 12.0. The molecule has 3 nitrogen and oxygen atoms in total. The lowest BCUT2D eigenvalue weighted by molar-refractivity contribution is -0.123. The Morgan fingerprint density at radius 1 is 1.26 bits per heavy atom. The van der Waals surface area contributed by atoms with Crippen LogP contribution in [0.15, 0.2) is 18.2 Å². The zero-order valence-electron chi connectivity index (χ0n) is 14.7. The Kier molecular flexibility index (Phi) is 7.44. The van der Waals surface area contributed by atoms with Crippen molar-refractivity contribution in [3.8, 4) is 5.75 Å². The smallest absolute Gasteiger partial charge is 0.257 e. The third kappa shape index (κ3) is 5.56. The number of rotatable bonds is 9. The summed E-state index contributed by atoms with van der Waals surface area (Å²) >= 11 is 0. The summed E-state index contributed by atoms with van der Waals surface area (Å²) in [6, 6.07) is 6.21. The van der Waals surface area contributed by atoms with Crippen LogP contribution in [0.1, 0.15) is 63.5 Å². The zero-order chi connectivity index (χ0) is 16.5. The Morgan fingerprint density at radius 2 is 2.09 bits per heavy atom.